The molecule has 0 fully saturated rings. The first-order valence-corrected chi connectivity index (χ1v) is 9.37. The summed E-state index contributed by atoms with van der Waals surface area (Å²) in [7, 11) is 1.74. The van der Waals surface area contributed by atoms with E-state index in [0.29, 0.717) is 4.83 Å². The van der Waals surface area contributed by atoms with Gasteiger partial charge in [0.05, 0.1) is 7.11 Å². The molecule has 1 atom stereocenters. The number of unbranched alkanes of at least 4 members (excludes halogenated alkanes) is 6. The van der Waals surface area contributed by atoms with E-state index >= 15 is 0 Å². The van der Waals surface area contributed by atoms with Gasteiger partial charge in [0, 0.05) is 14.9 Å². The number of alkyl halides is 1. The molecule has 1 rings (SSSR count). The minimum absolute atomic E-state index is 0.380. The molecule has 0 N–H and O–H groups in total. The number of benzene rings is 1. The fraction of sp³-hybridized carbons (Fsp3) is 0.647. The van der Waals surface area contributed by atoms with Crippen molar-refractivity contribution in [2.75, 3.05) is 7.11 Å². The van der Waals surface area contributed by atoms with E-state index in [4.69, 9.17) is 4.74 Å². The SMILES string of the molecule is CCCCCCCCCC(Br)c1cc(Br)ccc1OC. The van der Waals surface area contributed by atoms with Gasteiger partial charge >= 0.3 is 0 Å². The Morgan fingerprint density at radius 1 is 1.05 bits per heavy atom. The van der Waals surface area contributed by atoms with Gasteiger partial charge in [0.1, 0.15) is 5.75 Å². The van der Waals surface area contributed by atoms with Crippen LogP contribution in [0.4, 0.5) is 0 Å². The first kappa shape index (κ1) is 18.0. The van der Waals surface area contributed by atoms with Crippen LogP contribution in [0.3, 0.4) is 0 Å². The highest BCUT2D eigenvalue weighted by atomic mass is 79.9. The molecule has 3 heteroatoms. The van der Waals surface area contributed by atoms with E-state index in [9.17, 15) is 0 Å². The normalized spacial score (nSPS) is 12.4. The lowest BCUT2D eigenvalue weighted by molar-refractivity contribution is 0.408. The summed E-state index contributed by atoms with van der Waals surface area (Å²) in [5.41, 5.74) is 1.24. The molecule has 0 aliphatic rings. The largest absolute Gasteiger partial charge is 0.496 e. The van der Waals surface area contributed by atoms with Crippen LogP contribution >= 0.6 is 31.9 Å². The number of rotatable bonds is 10. The average Bonchev–Trinajstić information content (AvgIpc) is 2.46. The number of hydrogen-bond acceptors (Lipinski definition) is 1. The van der Waals surface area contributed by atoms with E-state index in [1.165, 1.54) is 56.9 Å². The van der Waals surface area contributed by atoms with Gasteiger partial charge in [-0.15, -0.1) is 0 Å². The molecule has 114 valence electrons. The van der Waals surface area contributed by atoms with Crippen LogP contribution in [0.5, 0.6) is 5.75 Å². The Labute approximate surface area is 140 Å². The summed E-state index contributed by atoms with van der Waals surface area (Å²) in [6.45, 7) is 2.26. The monoisotopic (exact) mass is 404 g/mol. The summed E-state index contributed by atoms with van der Waals surface area (Å²) in [6, 6.07) is 6.20. The van der Waals surface area contributed by atoms with Crippen molar-refractivity contribution in [2.24, 2.45) is 0 Å². The number of ether oxygens (including phenoxy) is 1. The maximum Gasteiger partial charge on any atom is 0.123 e. The molecule has 20 heavy (non-hydrogen) atoms. The van der Waals surface area contributed by atoms with Crippen LogP contribution in [0.2, 0.25) is 0 Å². The zero-order valence-electron chi connectivity index (χ0n) is 12.6. The number of hydrogen-bond donors (Lipinski definition) is 0. The van der Waals surface area contributed by atoms with Gasteiger partial charge in [-0.3, -0.25) is 0 Å². The predicted octanol–water partition coefficient (Wildman–Crippen LogP) is 7.03. The van der Waals surface area contributed by atoms with Gasteiger partial charge in [0.2, 0.25) is 0 Å². The van der Waals surface area contributed by atoms with Crippen molar-refractivity contribution in [2.45, 2.75) is 63.1 Å². The fourth-order valence-electron chi connectivity index (χ4n) is 2.39. The highest BCUT2D eigenvalue weighted by Crippen LogP contribution is 2.36. The molecule has 1 unspecified atom stereocenters. The van der Waals surface area contributed by atoms with E-state index in [1.807, 2.05) is 12.1 Å². The maximum atomic E-state index is 5.44. The highest BCUT2D eigenvalue weighted by Gasteiger charge is 2.13. The van der Waals surface area contributed by atoms with Gasteiger partial charge in [-0.1, -0.05) is 83.7 Å². The second-order valence-electron chi connectivity index (χ2n) is 5.26. The second kappa shape index (κ2) is 10.7. The molecule has 0 saturated carbocycles. The minimum atomic E-state index is 0.380. The third-order valence-corrected chi connectivity index (χ3v) is 5.03. The van der Waals surface area contributed by atoms with E-state index in [0.717, 1.165) is 10.2 Å². The van der Waals surface area contributed by atoms with Gasteiger partial charge in [-0.05, 0) is 24.6 Å². The van der Waals surface area contributed by atoms with Crippen molar-refractivity contribution in [1.82, 2.24) is 0 Å². The van der Waals surface area contributed by atoms with Crippen molar-refractivity contribution < 1.29 is 4.74 Å². The van der Waals surface area contributed by atoms with E-state index in [-0.39, 0.29) is 0 Å². The summed E-state index contributed by atoms with van der Waals surface area (Å²) < 4.78 is 6.55. The van der Waals surface area contributed by atoms with Gasteiger partial charge in [-0.2, -0.15) is 0 Å². The Kier molecular flexibility index (Phi) is 9.62. The number of halogens is 2. The predicted molar refractivity (Wildman–Crippen MR) is 95.0 cm³/mol. The lowest BCUT2D eigenvalue weighted by atomic mass is 10.0. The molecule has 0 aliphatic heterocycles. The molecule has 1 aromatic rings. The molecular formula is C17H26Br2O. The molecular weight excluding hydrogens is 380 g/mol. The zero-order chi connectivity index (χ0) is 14.8. The van der Waals surface area contributed by atoms with Gasteiger partial charge in [0.15, 0.2) is 0 Å². The third kappa shape index (κ3) is 6.62. The molecule has 0 heterocycles. The van der Waals surface area contributed by atoms with Crippen LogP contribution in [-0.4, -0.2) is 7.11 Å². The molecule has 0 spiro atoms. The van der Waals surface area contributed by atoms with Crippen molar-refractivity contribution >= 4 is 31.9 Å². The summed E-state index contributed by atoms with van der Waals surface area (Å²) in [5, 5.41) is 0. The smallest absolute Gasteiger partial charge is 0.123 e. The molecule has 1 nitrogen and oxygen atoms in total. The Bertz CT molecular complexity index is 379. The Morgan fingerprint density at radius 2 is 1.70 bits per heavy atom. The fourth-order valence-corrected chi connectivity index (χ4v) is 3.45. The van der Waals surface area contributed by atoms with E-state index in [1.54, 1.807) is 7.11 Å². The Hall–Kier alpha value is -0.0200. The molecule has 0 amide bonds. The minimum Gasteiger partial charge on any atom is -0.496 e. The van der Waals surface area contributed by atoms with E-state index < -0.39 is 0 Å². The topological polar surface area (TPSA) is 9.23 Å². The summed E-state index contributed by atoms with van der Waals surface area (Å²) >= 11 is 7.34. The molecule has 0 aromatic heterocycles. The molecule has 0 radical (unpaired) electrons. The molecule has 1 aromatic carbocycles. The van der Waals surface area contributed by atoms with Crippen molar-refractivity contribution in [3.63, 3.8) is 0 Å². The van der Waals surface area contributed by atoms with Crippen LogP contribution < -0.4 is 4.74 Å². The Balaban J connectivity index is 2.32. The Morgan fingerprint density at radius 3 is 2.35 bits per heavy atom. The second-order valence-corrected chi connectivity index (χ2v) is 7.28. The molecule has 0 bridgehead atoms. The van der Waals surface area contributed by atoms with Crippen LogP contribution in [-0.2, 0) is 0 Å². The lowest BCUT2D eigenvalue weighted by Gasteiger charge is -2.14. The third-order valence-electron chi connectivity index (χ3n) is 3.59. The summed E-state index contributed by atoms with van der Waals surface area (Å²) in [5.74, 6) is 0.970. The van der Waals surface area contributed by atoms with Crippen LogP contribution in [0.25, 0.3) is 0 Å². The van der Waals surface area contributed by atoms with Gasteiger partial charge in [-0.25, -0.2) is 0 Å². The molecule has 0 aliphatic carbocycles. The quantitative estimate of drug-likeness (QED) is 0.299. The summed E-state index contributed by atoms with van der Waals surface area (Å²) in [6.07, 6.45) is 10.6. The van der Waals surface area contributed by atoms with Gasteiger partial charge < -0.3 is 4.74 Å². The first-order chi connectivity index (χ1) is 9.69. The van der Waals surface area contributed by atoms with Crippen LogP contribution in [0.15, 0.2) is 22.7 Å². The zero-order valence-corrected chi connectivity index (χ0v) is 15.8. The average molecular weight is 406 g/mol. The standard InChI is InChI=1S/C17H26Br2O/c1-3-4-5-6-7-8-9-10-16(19)15-13-14(18)11-12-17(15)20-2/h11-13,16H,3-10H2,1-2H3. The van der Waals surface area contributed by atoms with Gasteiger partial charge in [0.25, 0.3) is 0 Å². The van der Waals surface area contributed by atoms with E-state index in [2.05, 4.69) is 44.8 Å². The van der Waals surface area contributed by atoms with Crippen LogP contribution in [0.1, 0.15) is 68.7 Å². The van der Waals surface area contributed by atoms with Crippen molar-refractivity contribution in [1.29, 1.82) is 0 Å². The number of methoxy groups -OCH3 is 1. The summed E-state index contributed by atoms with van der Waals surface area (Å²) in [4.78, 5) is 0.380. The molecule has 0 saturated heterocycles. The highest BCUT2D eigenvalue weighted by molar-refractivity contribution is 9.10. The van der Waals surface area contributed by atoms with Crippen molar-refractivity contribution in [3.05, 3.63) is 28.2 Å². The maximum absolute atomic E-state index is 5.44. The van der Waals surface area contributed by atoms with Crippen molar-refractivity contribution in [3.8, 4) is 5.75 Å². The van der Waals surface area contributed by atoms with Crippen LogP contribution in [0, 0.1) is 0 Å². The lowest BCUT2D eigenvalue weighted by Crippen LogP contribution is -1.96. The first-order valence-electron chi connectivity index (χ1n) is 7.66.